The van der Waals surface area contributed by atoms with E-state index >= 15 is 0 Å². The van der Waals surface area contributed by atoms with Crippen molar-refractivity contribution in [1.82, 2.24) is 4.90 Å². The molecule has 5 heteroatoms. The Bertz CT molecular complexity index is 891. The van der Waals surface area contributed by atoms with Gasteiger partial charge in [-0.1, -0.05) is 48.5 Å². The summed E-state index contributed by atoms with van der Waals surface area (Å²) in [5.41, 5.74) is 1.12. The average Bonchev–Trinajstić information content (AvgIpc) is 2.77. The molecule has 3 nitrogen and oxygen atoms in total. The fraction of sp³-hybridized carbons (Fsp3) is 0.208. The van der Waals surface area contributed by atoms with Crippen molar-refractivity contribution in [3.63, 3.8) is 0 Å². The van der Waals surface area contributed by atoms with E-state index in [1.165, 1.54) is 9.79 Å². The van der Waals surface area contributed by atoms with Gasteiger partial charge in [0.05, 0.1) is 17.7 Å². The maximum atomic E-state index is 12.5. The van der Waals surface area contributed by atoms with Gasteiger partial charge in [0.2, 0.25) is 5.91 Å². The fourth-order valence-electron chi connectivity index (χ4n) is 3.30. The third kappa shape index (κ3) is 4.98. The van der Waals surface area contributed by atoms with Crippen LogP contribution in [0.2, 0.25) is 0 Å². The van der Waals surface area contributed by atoms with Crippen molar-refractivity contribution < 1.29 is 9.53 Å². The highest BCUT2D eigenvalue weighted by Gasteiger charge is 2.42. The van der Waals surface area contributed by atoms with Gasteiger partial charge in [0.1, 0.15) is 5.75 Å². The van der Waals surface area contributed by atoms with Gasteiger partial charge in [-0.2, -0.15) is 0 Å². The van der Waals surface area contributed by atoms with Crippen LogP contribution in [0.4, 0.5) is 0 Å². The number of hydrogen-bond donors (Lipinski definition) is 0. The lowest BCUT2D eigenvalue weighted by Gasteiger charge is -2.44. The van der Waals surface area contributed by atoms with Gasteiger partial charge >= 0.3 is 0 Å². The number of likely N-dealkylation sites (tertiary alicyclic amines) is 1. The van der Waals surface area contributed by atoms with Crippen molar-refractivity contribution >= 4 is 29.4 Å². The molecule has 0 saturated carbocycles. The van der Waals surface area contributed by atoms with Crippen LogP contribution in [0.3, 0.4) is 0 Å². The van der Waals surface area contributed by atoms with Gasteiger partial charge in [0, 0.05) is 22.8 Å². The summed E-state index contributed by atoms with van der Waals surface area (Å²) in [4.78, 5) is 16.9. The summed E-state index contributed by atoms with van der Waals surface area (Å²) < 4.78 is 5.47. The van der Waals surface area contributed by atoms with E-state index in [1.54, 1.807) is 7.11 Å². The number of amides is 1. The SMILES string of the molecule is COc1ccc(CN2C(=O)CC2C(Sc2ccccc2)Sc2ccccc2)cc1. The number of carbonyl (C=O) groups excluding carboxylic acids is 1. The second-order valence-electron chi connectivity index (χ2n) is 6.87. The van der Waals surface area contributed by atoms with E-state index in [2.05, 4.69) is 48.5 Å². The Kier molecular flexibility index (Phi) is 6.47. The summed E-state index contributed by atoms with van der Waals surface area (Å²) >= 11 is 3.68. The zero-order valence-corrected chi connectivity index (χ0v) is 17.9. The molecule has 1 aliphatic heterocycles. The largest absolute Gasteiger partial charge is 0.497 e. The number of ether oxygens (including phenoxy) is 1. The number of benzene rings is 3. The first kappa shape index (κ1) is 19.9. The molecule has 1 atom stereocenters. The minimum atomic E-state index is 0.194. The summed E-state index contributed by atoms with van der Waals surface area (Å²) in [6.45, 7) is 0.634. The van der Waals surface area contributed by atoms with Crippen molar-refractivity contribution in [3.05, 3.63) is 90.5 Å². The topological polar surface area (TPSA) is 29.5 Å². The second kappa shape index (κ2) is 9.42. The molecule has 1 aliphatic rings. The molecule has 0 aliphatic carbocycles. The molecule has 1 fully saturated rings. The van der Waals surface area contributed by atoms with Crippen LogP contribution in [-0.4, -0.2) is 28.5 Å². The van der Waals surface area contributed by atoms with E-state index in [0.29, 0.717) is 13.0 Å². The van der Waals surface area contributed by atoms with E-state index in [9.17, 15) is 4.79 Å². The molecule has 1 unspecified atom stereocenters. The molecule has 1 heterocycles. The molecule has 0 aromatic heterocycles. The maximum absolute atomic E-state index is 12.5. The molecule has 29 heavy (non-hydrogen) atoms. The zero-order chi connectivity index (χ0) is 20.1. The van der Waals surface area contributed by atoms with Crippen molar-refractivity contribution in [2.24, 2.45) is 0 Å². The molecule has 0 N–H and O–H groups in total. The first-order valence-electron chi connectivity index (χ1n) is 9.59. The molecular weight excluding hydrogens is 398 g/mol. The Hall–Kier alpha value is -2.37. The van der Waals surface area contributed by atoms with Crippen molar-refractivity contribution in [3.8, 4) is 5.75 Å². The highest BCUT2D eigenvalue weighted by Crippen LogP contribution is 2.43. The van der Waals surface area contributed by atoms with Gasteiger partial charge in [-0.05, 0) is 42.0 Å². The fourth-order valence-corrected chi connectivity index (χ4v) is 6.13. The normalized spacial score (nSPS) is 16.0. The van der Waals surface area contributed by atoms with Gasteiger partial charge in [0.25, 0.3) is 0 Å². The number of carbonyl (C=O) groups is 1. The summed E-state index contributed by atoms with van der Waals surface area (Å²) in [6, 6.07) is 29.0. The van der Waals surface area contributed by atoms with Crippen LogP contribution in [0, 0.1) is 0 Å². The van der Waals surface area contributed by atoms with E-state index in [4.69, 9.17) is 4.74 Å². The van der Waals surface area contributed by atoms with E-state index in [1.807, 2.05) is 64.8 Å². The van der Waals surface area contributed by atoms with Crippen LogP contribution >= 0.6 is 23.5 Å². The summed E-state index contributed by atoms with van der Waals surface area (Å²) in [5, 5.41) is 0. The molecule has 0 bridgehead atoms. The molecule has 3 aromatic carbocycles. The zero-order valence-electron chi connectivity index (χ0n) is 16.2. The number of nitrogens with zero attached hydrogens (tertiary/aromatic N) is 1. The third-order valence-corrected chi connectivity index (χ3v) is 7.68. The van der Waals surface area contributed by atoms with Gasteiger partial charge in [-0.15, -0.1) is 23.5 Å². The summed E-state index contributed by atoms with van der Waals surface area (Å²) in [5.74, 6) is 1.05. The van der Waals surface area contributed by atoms with Crippen molar-refractivity contribution in [1.29, 1.82) is 0 Å². The standard InChI is InChI=1S/C24H23NO2S2/c1-27-19-14-12-18(13-15-19)17-25-22(16-23(25)26)24(28-20-8-4-2-5-9-20)29-21-10-6-3-7-11-21/h2-15,22,24H,16-17H2,1H3. The highest BCUT2D eigenvalue weighted by molar-refractivity contribution is 8.17. The van der Waals surface area contributed by atoms with Crippen LogP contribution in [0.25, 0.3) is 0 Å². The predicted octanol–water partition coefficient (Wildman–Crippen LogP) is 5.71. The number of rotatable bonds is 8. The summed E-state index contributed by atoms with van der Waals surface area (Å²) in [6.07, 6.45) is 0.598. The van der Waals surface area contributed by atoms with Gasteiger partial charge in [-0.3, -0.25) is 4.79 Å². The monoisotopic (exact) mass is 421 g/mol. The molecule has 148 valence electrons. The first-order chi connectivity index (χ1) is 14.2. The molecule has 4 rings (SSSR count). The Morgan fingerprint density at radius 3 is 1.93 bits per heavy atom. The Labute approximate surface area is 180 Å². The minimum absolute atomic E-state index is 0.194. The molecule has 1 saturated heterocycles. The van der Waals surface area contributed by atoms with Crippen LogP contribution < -0.4 is 4.74 Å². The maximum Gasteiger partial charge on any atom is 0.225 e. The van der Waals surface area contributed by atoms with Crippen LogP contribution in [0.5, 0.6) is 5.75 Å². The highest BCUT2D eigenvalue weighted by atomic mass is 32.2. The van der Waals surface area contributed by atoms with E-state index in [-0.39, 0.29) is 16.5 Å². The summed E-state index contributed by atoms with van der Waals surface area (Å²) in [7, 11) is 1.66. The van der Waals surface area contributed by atoms with Crippen LogP contribution in [0.15, 0.2) is 94.7 Å². The molecule has 0 radical (unpaired) electrons. The van der Waals surface area contributed by atoms with Gasteiger partial charge < -0.3 is 9.64 Å². The van der Waals surface area contributed by atoms with Crippen molar-refractivity contribution in [2.75, 3.05) is 7.11 Å². The number of methoxy groups -OCH3 is 1. The first-order valence-corrected chi connectivity index (χ1v) is 11.3. The van der Waals surface area contributed by atoms with Crippen LogP contribution in [0.1, 0.15) is 12.0 Å². The molecule has 3 aromatic rings. The average molecular weight is 422 g/mol. The Morgan fingerprint density at radius 1 is 0.897 bits per heavy atom. The Morgan fingerprint density at radius 2 is 1.45 bits per heavy atom. The Balaban J connectivity index is 1.52. The molecular formula is C24H23NO2S2. The molecule has 1 amide bonds. The predicted molar refractivity (Wildman–Crippen MR) is 120 cm³/mol. The lowest BCUT2D eigenvalue weighted by atomic mass is 10.0. The molecule has 0 spiro atoms. The van der Waals surface area contributed by atoms with Gasteiger partial charge in [-0.25, -0.2) is 0 Å². The van der Waals surface area contributed by atoms with E-state index in [0.717, 1.165) is 11.3 Å². The minimum Gasteiger partial charge on any atom is -0.497 e. The third-order valence-electron chi connectivity index (χ3n) is 4.92. The number of thioether (sulfide) groups is 2. The lowest BCUT2D eigenvalue weighted by molar-refractivity contribution is -0.146. The van der Waals surface area contributed by atoms with Crippen LogP contribution in [-0.2, 0) is 11.3 Å². The quantitative estimate of drug-likeness (QED) is 0.265. The number of hydrogen-bond acceptors (Lipinski definition) is 4. The number of β-lactam (4-membered cyclic amide) rings is 1. The van der Waals surface area contributed by atoms with E-state index < -0.39 is 0 Å². The second-order valence-corrected chi connectivity index (χ2v) is 9.60. The van der Waals surface area contributed by atoms with Crippen molar-refractivity contribution in [2.45, 2.75) is 33.4 Å². The lowest BCUT2D eigenvalue weighted by Crippen LogP contribution is -2.55. The van der Waals surface area contributed by atoms with Gasteiger partial charge in [0.15, 0.2) is 0 Å². The smallest absolute Gasteiger partial charge is 0.225 e.